The van der Waals surface area contributed by atoms with E-state index >= 15 is 0 Å². The molecule has 6 heteroatoms. The van der Waals surface area contributed by atoms with Crippen LogP contribution in [0.25, 0.3) is 0 Å². The molecule has 0 saturated carbocycles. The molecule has 5 nitrogen and oxygen atoms in total. The fourth-order valence-electron chi connectivity index (χ4n) is 1.60. The molecule has 2 aromatic rings. The molecule has 0 aliphatic rings. The normalized spacial score (nSPS) is 10.2. The number of benzene rings is 1. The van der Waals surface area contributed by atoms with Gasteiger partial charge in [-0.05, 0) is 25.0 Å². The molecule has 1 aromatic carbocycles. The summed E-state index contributed by atoms with van der Waals surface area (Å²) < 4.78 is 0. The highest BCUT2D eigenvalue weighted by atomic mass is 32.1. The Bertz CT molecular complexity index is 567. The highest BCUT2D eigenvalue weighted by molar-refractivity contribution is 7.17. The Kier molecular flexibility index (Phi) is 4.46. The van der Waals surface area contributed by atoms with Crippen molar-refractivity contribution in [3.63, 3.8) is 0 Å². The van der Waals surface area contributed by atoms with Gasteiger partial charge in [-0.3, -0.25) is 4.79 Å². The van der Waals surface area contributed by atoms with Gasteiger partial charge in [-0.15, -0.1) is 10.2 Å². The first kappa shape index (κ1) is 13.5. The summed E-state index contributed by atoms with van der Waals surface area (Å²) in [6.07, 6.45) is 0. The first-order valence-electron chi connectivity index (χ1n) is 6.10. The largest absolute Gasteiger partial charge is 0.360 e. The monoisotopic (exact) mass is 276 g/mol. The molecule has 0 unspecified atom stereocenters. The van der Waals surface area contributed by atoms with Crippen LogP contribution in [0.5, 0.6) is 0 Å². The van der Waals surface area contributed by atoms with Crippen molar-refractivity contribution < 1.29 is 4.79 Å². The van der Waals surface area contributed by atoms with Gasteiger partial charge >= 0.3 is 0 Å². The third-order valence-corrected chi connectivity index (χ3v) is 3.53. The molecule has 0 radical (unpaired) electrons. The molecule has 0 atom stereocenters. The van der Waals surface area contributed by atoms with Gasteiger partial charge in [0.15, 0.2) is 0 Å². The van der Waals surface area contributed by atoms with Crippen LogP contribution in [-0.2, 0) is 6.54 Å². The zero-order chi connectivity index (χ0) is 13.7. The van der Waals surface area contributed by atoms with E-state index in [4.69, 9.17) is 0 Å². The molecule has 2 N–H and O–H groups in total. The summed E-state index contributed by atoms with van der Waals surface area (Å²) >= 11 is 1.26. The van der Waals surface area contributed by atoms with Crippen molar-refractivity contribution in [2.45, 2.75) is 20.4 Å². The molecule has 0 fully saturated rings. The number of rotatable bonds is 5. The van der Waals surface area contributed by atoms with Gasteiger partial charge in [0.1, 0.15) is 0 Å². The minimum Gasteiger partial charge on any atom is -0.360 e. The second-order valence-electron chi connectivity index (χ2n) is 4.05. The lowest BCUT2D eigenvalue weighted by Crippen LogP contribution is -2.23. The summed E-state index contributed by atoms with van der Waals surface area (Å²) in [6, 6.07) is 7.96. The molecule has 19 heavy (non-hydrogen) atoms. The van der Waals surface area contributed by atoms with Crippen molar-refractivity contribution in [2.75, 3.05) is 11.9 Å². The number of amides is 1. The quantitative estimate of drug-likeness (QED) is 0.878. The van der Waals surface area contributed by atoms with E-state index in [0.717, 1.165) is 17.7 Å². The molecule has 1 aromatic heterocycles. The summed E-state index contributed by atoms with van der Waals surface area (Å²) in [4.78, 5) is 11.9. The number of carbonyl (C=O) groups is 1. The minimum atomic E-state index is -0.190. The van der Waals surface area contributed by atoms with Crippen LogP contribution < -0.4 is 10.6 Å². The molecule has 0 aliphatic heterocycles. The van der Waals surface area contributed by atoms with Crippen molar-refractivity contribution in [1.29, 1.82) is 0 Å². The number of hydrogen-bond donors (Lipinski definition) is 2. The Morgan fingerprint density at radius 1 is 1.32 bits per heavy atom. The molecule has 1 amide bonds. The van der Waals surface area contributed by atoms with Crippen LogP contribution in [-0.4, -0.2) is 22.6 Å². The number of nitrogens with zero attached hydrogens (tertiary/aromatic N) is 2. The summed E-state index contributed by atoms with van der Waals surface area (Å²) in [5.74, 6) is -0.190. The van der Waals surface area contributed by atoms with Crippen molar-refractivity contribution in [1.82, 2.24) is 15.5 Å². The van der Waals surface area contributed by atoms with Crippen LogP contribution in [0.15, 0.2) is 24.3 Å². The summed E-state index contributed by atoms with van der Waals surface area (Å²) in [6.45, 7) is 5.26. The van der Waals surface area contributed by atoms with Gasteiger partial charge in [-0.1, -0.05) is 35.6 Å². The van der Waals surface area contributed by atoms with Gasteiger partial charge in [0.05, 0.1) is 0 Å². The molecule has 0 saturated heterocycles. The van der Waals surface area contributed by atoms with E-state index in [1.54, 1.807) is 0 Å². The second kappa shape index (κ2) is 6.29. The van der Waals surface area contributed by atoms with Crippen molar-refractivity contribution >= 4 is 22.4 Å². The number of hydrogen-bond acceptors (Lipinski definition) is 5. The zero-order valence-electron chi connectivity index (χ0n) is 10.9. The first-order valence-corrected chi connectivity index (χ1v) is 6.92. The fraction of sp³-hybridized carbons (Fsp3) is 0.308. The van der Waals surface area contributed by atoms with Gasteiger partial charge in [0.25, 0.3) is 5.91 Å². The van der Waals surface area contributed by atoms with E-state index in [-0.39, 0.29) is 5.91 Å². The van der Waals surface area contributed by atoms with E-state index < -0.39 is 0 Å². The zero-order valence-corrected chi connectivity index (χ0v) is 11.8. The van der Waals surface area contributed by atoms with Crippen molar-refractivity contribution in [2.24, 2.45) is 0 Å². The fourth-order valence-corrected chi connectivity index (χ4v) is 2.33. The maximum Gasteiger partial charge on any atom is 0.282 e. The van der Waals surface area contributed by atoms with E-state index in [1.165, 1.54) is 11.3 Å². The Morgan fingerprint density at radius 3 is 2.84 bits per heavy atom. The number of aryl methyl sites for hydroxylation is 1. The lowest BCUT2D eigenvalue weighted by molar-refractivity contribution is 0.0950. The topological polar surface area (TPSA) is 66.9 Å². The Hall–Kier alpha value is -1.95. The average Bonchev–Trinajstić information content (AvgIpc) is 2.87. The first-order chi connectivity index (χ1) is 9.20. The van der Waals surface area contributed by atoms with E-state index in [9.17, 15) is 4.79 Å². The van der Waals surface area contributed by atoms with Crippen LogP contribution in [0, 0.1) is 6.92 Å². The molecule has 2 rings (SSSR count). The van der Waals surface area contributed by atoms with E-state index in [1.807, 2.05) is 38.1 Å². The van der Waals surface area contributed by atoms with Gasteiger partial charge in [-0.25, -0.2) is 0 Å². The Balaban J connectivity index is 1.95. The highest BCUT2D eigenvalue weighted by Gasteiger charge is 2.12. The minimum absolute atomic E-state index is 0.190. The predicted molar refractivity (Wildman–Crippen MR) is 76.4 cm³/mol. The highest BCUT2D eigenvalue weighted by Crippen LogP contribution is 2.15. The molecule has 0 spiro atoms. The summed E-state index contributed by atoms with van der Waals surface area (Å²) in [5, 5.41) is 14.7. The third-order valence-electron chi connectivity index (χ3n) is 2.65. The lowest BCUT2D eigenvalue weighted by Gasteiger charge is -2.05. The van der Waals surface area contributed by atoms with Crippen molar-refractivity contribution in [3.05, 3.63) is 40.4 Å². The maximum absolute atomic E-state index is 11.9. The molecule has 100 valence electrons. The number of carbonyl (C=O) groups excluding carboxylic acids is 1. The van der Waals surface area contributed by atoms with Crippen LogP contribution in [0.1, 0.15) is 27.9 Å². The maximum atomic E-state index is 11.9. The third kappa shape index (κ3) is 3.51. The SMILES string of the molecule is CCNc1nnc(C(=O)NCc2ccccc2C)s1. The number of anilines is 1. The summed E-state index contributed by atoms with van der Waals surface area (Å²) in [7, 11) is 0. The van der Waals surface area contributed by atoms with Gasteiger partial charge in [0.2, 0.25) is 10.1 Å². The smallest absolute Gasteiger partial charge is 0.282 e. The van der Waals surface area contributed by atoms with Gasteiger partial charge < -0.3 is 10.6 Å². The molecular weight excluding hydrogens is 260 g/mol. The molecule has 0 bridgehead atoms. The predicted octanol–water partition coefficient (Wildman–Crippen LogP) is 2.21. The summed E-state index contributed by atoms with van der Waals surface area (Å²) in [5.41, 5.74) is 2.26. The lowest BCUT2D eigenvalue weighted by atomic mass is 10.1. The van der Waals surface area contributed by atoms with Gasteiger partial charge in [0, 0.05) is 13.1 Å². The number of aromatic nitrogens is 2. The van der Waals surface area contributed by atoms with E-state index in [0.29, 0.717) is 16.7 Å². The molecule has 1 heterocycles. The van der Waals surface area contributed by atoms with Gasteiger partial charge in [-0.2, -0.15) is 0 Å². The van der Waals surface area contributed by atoms with Crippen LogP contribution in [0.3, 0.4) is 0 Å². The van der Waals surface area contributed by atoms with Crippen molar-refractivity contribution in [3.8, 4) is 0 Å². The molecule has 0 aliphatic carbocycles. The van der Waals surface area contributed by atoms with Crippen LogP contribution in [0.2, 0.25) is 0 Å². The average molecular weight is 276 g/mol. The van der Waals surface area contributed by atoms with Crippen LogP contribution >= 0.6 is 11.3 Å². The van der Waals surface area contributed by atoms with Crippen LogP contribution in [0.4, 0.5) is 5.13 Å². The second-order valence-corrected chi connectivity index (χ2v) is 5.03. The Labute approximate surface area is 116 Å². The standard InChI is InChI=1S/C13H16N4OS/c1-3-14-13-17-16-12(19-13)11(18)15-8-10-7-5-4-6-9(10)2/h4-7H,3,8H2,1-2H3,(H,14,17)(H,15,18). The van der Waals surface area contributed by atoms with E-state index in [2.05, 4.69) is 20.8 Å². The number of nitrogens with one attached hydrogen (secondary N) is 2. The molecular formula is C13H16N4OS. The Morgan fingerprint density at radius 2 is 2.11 bits per heavy atom.